The average molecular weight is 225 g/mol. The fraction of sp³-hybridized carbons (Fsp3) is 0.923. The number of hydrogen-bond acceptors (Lipinski definition) is 1. The number of rotatable bonds is 0. The SMILES string of the molecule is CC(C)(C)N=C1N(C(C)(C)C)N1C(C)(C)C. The van der Waals surface area contributed by atoms with E-state index in [4.69, 9.17) is 4.99 Å². The molecule has 0 atom stereocenters. The van der Waals surface area contributed by atoms with Gasteiger partial charge in [0.25, 0.3) is 0 Å². The first-order valence-corrected chi connectivity index (χ1v) is 6.04. The van der Waals surface area contributed by atoms with E-state index in [-0.39, 0.29) is 16.6 Å². The third-order valence-electron chi connectivity index (χ3n) is 2.25. The Morgan fingerprint density at radius 3 is 1.19 bits per heavy atom. The van der Waals surface area contributed by atoms with Crippen LogP contribution in [-0.2, 0) is 0 Å². The van der Waals surface area contributed by atoms with Crippen LogP contribution in [0.2, 0.25) is 0 Å². The van der Waals surface area contributed by atoms with Crippen molar-refractivity contribution in [2.24, 2.45) is 4.99 Å². The molecule has 0 unspecified atom stereocenters. The van der Waals surface area contributed by atoms with Crippen molar-refractivity contribution in [1.82, 2.24) is 10.0 Å². The maximum absolute atomic E-state index is 4.79. The van der Waals surface area contributed by atoms with Crippen molar-refractivity contribution in [3.8, 4) is 0 Å². The van der Waals surface area contributed by atoms with E-state index in [2.05, 4.69) is 72.3 Å². The van der Waals surface area contributed by atoms with E-state index in [0.717, 1.165) is 5.96 Å². The van der Waals surface area contributed by atoms with Crippen LogP contribution < -0.4 is 0 Å². The lowest BCUT2D eigenvalue weighted by atomic mass is 10.1. The van der Waals surface area contributed by atoms with Crippen LogP contribution in [-0.4, -0.2) is 32.6 Å². The molecule has 0 aliphatic carbocycles. The van der Waals surface area contributed by atoms with Crippen LogP contribution >= 0.6 is 0 Å². The molecule has 0 bridgehead atoms. The van der Waals surface area contributed by atoms with Crippen molar-refractivity contribution >= 4 is 5.96 Å². The molecule has 0 amide bonds. The maximum atomic E-state index is 4.79. The summed E-state index contributed by atoms with van der Waals surface area (Å²) in [4.78, 5) is 4.79. The standard InChI is InChI=1S/C13H27N3/c1-11(2,3)14-10-15(12(4,5)6)16(10)13(7,8)9/h1-9H3. The van der Waals surface area contributed by atoms with E-state index in [1.165, 1.54) is 0 Å². The van der Waals surface area contributed by atoms with Gasteiger partial charge < -0.3 is 0 Å². The van der Waals surface area contributed by atoms with Gasteiger partial charge in [-0.2, -0.15) is 0 Å². The maximum Gasteiger partial charge on any atom is 0.236 e. The van der Waals surface area contributed by atoms with Crippen LogP contribution in [0.25, 0.3) is 0 Å². The molecule has 1 saturated heterocycles. The Morgan fingerprint density at radius 1 is 0.688 bits per heavy atom. The van der Waals surface area contributed by atoms with E-state index < -0.39 is 0 Å². The highest BCUT2D eigenvalue weighted by Gasteiger charge is 2.52. The molecule has 0 aromatic heterocycles. The molecule has 3 heteroatoms. The van der Waals surface area contributed by atoms with Gasteiger partial charge in [-0.1, -0.05) is 0 Å². The molecule has 0 N–H and O–H groups in total. The fourth-order valence-electron chi connectivity index (χ4n) is 1.73. The van der Waals surface area contributed by atoms with Gasteiger partial charge in [0.05, 0.1) is 16.6 Å². The van der Waals surface area contributed by atoms with Crippen LogP contribution in [0.4, 0.5) is 0 Å². The predicted octanol–water partition coefficient (Wildman–Crippen LogP) is 3.27. The Kier molecular flexibility index (Phi) is 2.82. The summed E-state index contributed by atoms with van der Waals surface area (Å²) in [7, 11) is 0. The van der Waals surface area contributed by atoms with Gasteiger partial charge in [0.2, 0.25) is 5.96 Å². The van der Waals surface area contributed by atoms with Crippen molar-refractivity contribution in [3.05, 3.63) is 0 Å². The summed E-state index contributed by atoms with van der Waals surface area (Å²) in [5.41, 5.74) is 0.202. The molecule has 0 saturated carbocycles. The highest BCUT2D eigenvalue weighted by Crippen LogP contribution is 2.38. The molecule has 3 nitrogen and oxygen atoms in total. The number of hydrazine groups is 1. The van der Waals surface area contributed by atoms with E-state index in [1.54, 1.807) is 0 Å². The van der Waals surface area contributed by atoms with Crippen molar-refractivity contribution < 1.29 is 0 Å². The number of guanidine groups is 1. The van der Waals surface area contributed by atoms with Crippen LogP contribution in [0.15, 0.2) is 4.99 Å². The smallest absolute Gasteiger partial charge is 0.236 e. The van der Waals surface area contributed by atoms with Gasteiger partial charge in [0.1, 0.15) is 0 Å². The Labute approximate surface area is 100 Å². The molecule has 94 valence electrons. The molecule has 1 rings (SSSR count). The van der Waals surface area contributed by atoms with Crippen LogP contribution in [0.5, 0.6) is 0 Å². The zero-order chi connectivity index (χ0) is 12.9. The van der Waals surface area contributed by atoms with Gasteiger partial charge in [-0.3, -0.25) is 0 Å². The fourth-order valence-corrected chi connectivity index (χ4v) is 1.73. The summed E-state index contributed by atoms with van der Waals surface area (Å²) in [6, 6.07) is 0. The lowest BCUT2D eigenvalue weighted by Crippen LogP contribution is -2.36. The summed E-state index contributed by atoms with van der Waals surface area (Å²) in [6.07, 6.45) is 0. The summed E-state index contributed by atoms with van der Waals surface area (Å²) < 4.78 is 0. The molecule has 16 heavy (non-hydrogen) atoms. The topological polar surface area (TPSA) is 18.4 Å². The second-order valence-corrected chi connectivity index (χ2v) is 7.55. The van der Waals surface area contributed by atoms with Crippen molar-refractivity contribution in [2.45, 2.75) is 78.9 Å². The van der Waals surface area contributed by atoms with Crippen molar-refractivity contribution in [1.29, 1.82) is 0 Å². The minimum absolute atomic E-state index is 0.0150. The molecular weight excluding hydrogens is 198 g/mol. The number of hydrogen-bond donors (Lipinski definition) is 0. The molecule has 0 radical (unpaired) electrons. The Bertz CT molecular complexity index is 275. The van der Waals surface area contributed by atoms with E-state index >= 15 is 0 Å². The molecule has 1 aliphatic heterocycles. The number of aliphatic imine (C=N–C) groups is 1. The second kappa shape index (κ2) is 3.38. The Hall–Kier alpha value is -0.730. The third-order valence-corrected chi connectivity index (χ3v) is 2.25. The zero-order valence-electron chi connectivity index (χ0n) is 12.3. The summed E-state index contributed by atoms with van der Waals surface area (Å²) in [5.74, 6) is 1.12. The van der Waals surface area contributed by atoms with Crippen molar-refractivity contribution in [2.75, 3.05) is 0 Å². The summed E-state index contributed by atoms with van der Waals surface area (Å²) >= 11 is 0. The molecular formula is C13H27N3. The third kappa shape index (κ3) is 2.89. The molecule has 1 aliphatic rings. The van der Waals surface area contributed by atoms with Gasteiger partial charge in [-0.05, 0) is 62.3 Å². The predicted molar refractivity (Wildman–Crippen MR) is 70.4 cm³/mol. The molecule has 0 spiro atoms. The van der Waals surface area contributed by atoms with Crippen LogP contribution in [0, 0.1) is 0 Å². The minimum Gasteiger partial charge on any atom is -0.244 e. The molecule has 1 heterocycles. The second-order valence-electron chi connectivity index (χ2n) is 7.55. The van der Waals surface area contributed by atoms with Crippen LogP contribution in [0.3, 0.4) is 0 Å². The van der Waals surface area contributed by atoms with Gasteiger partial charge >= 0.3 is 0 Å². The van der Waals surface area contributed by atoms with Gasteiger partial charge in [0.15, 0.2) is 0 Å². The highest BCUT2D eigenvalue weighted by atomic mass is 15.9. The first kappa shape index (κ1) is 13.3. The largest absolute Gasteiger partial charge is 0.244 e. The Balaban J connectivity index is 3.00. The average Bonchev–Trinajstić information content (AvgIpc) is 2.54. The lowest BCUT2D eigenvalue weighted by molar-refractivity contribution is 0.110. The van der Waals surface area contributed by atoms with E-state index in [0.29, 0.717) is 0 Å². The number of nitrogens with zero attached hydrogens (tertiary/aromatic N) is 3. The molecule has 1 fully saturated rings. The van der Waals surface area contributed by atoms with Gasteiger partial charge in [0, 0.05) is 0 Å². The van der Waals surface area contributed by atoms with Gasteiger partial charge in [-0.25, -0.2) is 15.0 Å². The monoisotopic (exact) mass is 225 g/mol. The molecule has 0 aromatic rings. The van der Waals surface area contributed by atoms with Crippen LogP contribution in [0.1, 0.15) is 62.3 Å². The van der Waals surface area contributed by atoms with Gasteiger partial charge in [-0.15, -0.1) is 0 Å². The quantitative estimate of drug-likeness (QED) is 0.589. The first-order chi connectivity index (χ1) is 6.84. The van der Waals surface area contributed by atoms with Crippen molar-refractivity contribution in [3.63, 3.8) is 0 Å². The summed E-state index contributed by atoms with van der Waals surface area (Å²) in [6.45, 7) is 19.7. The lowest BCUT2D eigenvalue weighted by Gasteiger charge is -2.27. The highest BCUT2D eigenvalue weighted by molar-refractivity contribution is 5.93. The van der Waals surface area contributed by atoms with E-state index in [1.807, 2.05) is 0 Å². The zero-order valence-corrected chi connectivity index (χ0v) is 12.3. The Morgan fingerprint density at radius 2 is 1.00 bits per heavy atom. The molecule has 0 aromatic carbocycles. The normalized spacial score (nSPS) is 17.9. The van der Waals surface area contributed by atoms with E-state index in [9.17, 15) is 0 Å². The summed E-state index contributed by atoms with van der Waals surface area (Å²) in [5, 5.41) is 4.58. The minimum atomic E-state index is -0.0150. The first-order valence-electron chi connectivity index (χ1n) is 6.04.